The van der Waals surface area contributed by atoms with Gasteiger partial charge in [-0.1, -0.05) is 25.4 Å². The molecule has 1 heterocycles. The van der Waals surface area contributed by atoms with Gasteiger partial charge in [0.25, 0.3) is 5.91 Å². The first-order chi connectivity index (χ1) is 12.9. The molecule has 0 saturated heterocycles. The quantitative estimate of drug-likeness (QED) is 0.599. The monoisotopic (exact) mass is 402 g/mol. The third-order valence-electron chi connectivity index (χ3n) is 3.98. The number of nitrogens with one attached hydrogen (secondary N) is 2. The van der Waals surface area contributed by atoms with Crippen molar-refractivity contribution < 1.29 is 14.3 Å². The first-order valence-corrected chi connectivity index (χ1v) is 9.57. The molecule has 0 aliphatic heterocycles. The molecule has 7 heteroatoms. The normalized spacial score (nSPS) is 10.9. The molecule has 0 saturated carbocycles. The lowest BCUT2D eigenvalue weighted by Crippen LogP contribution is -2.17. The Labute approximate surface area is 166 Å². The average molecular weight is 403 g/mol. The van der Waals surface area contributed by atoms with Crippen molar-refractivity contribution in [1.82, 2.24) is 0 Å². The van der Waals surface area contributed by atoms with E-state index in [1.54, 1.807) is 31.4 Å². The van der Waals surface area contributed by atoms with Gasteiger partial charge in [0.15, 0.2) is 0 Å². The van der Waals surface area contributed by atoms with Crippen LogP contribution in [0.4, 0.5) is 11.4 Å². The van der Waals surface area contributed by atoms with Gasteiger partial charge in [-0.2, -0.15) is 0 Å². The van der Waals surface area contributed by atoms with Crippen LogP contribution < -0.4 is 15.4 Å². The molecule has 27 heavy (non-hydrogen) atoms. The highest BCUT2D eigenvalue weighted by Crippen LogP contribution is 2.37. The van der Waals surface area contributed by atoms with Crippen molar-refractivity contribution in [2.75, 3.05) is 17.7 Å². The van der Waals surface area contributed by atoms with E-state index in [9.17, 15) is 9.59 Å². The second-order valence-electron chi connectivity index (χ2n) is 6.28. The summed E-state index contributed by atoms with van der Waals surface area (Å²) in [5, 5.41) is 6.89. The Morgan fingerprint density at radius 1 is 1.04 bits per heavy atom. The van der Waals surface area contributed by atoms with Crippen LogP contribution in [-0.2, 0) is 4.79 Å². The highest BCUT2D eigenvalue weighted by molar-refractivity contribution is 7.21. The Morgan fingerprint density at radius 3 is 2.26 bits per heavy atom. The minimum Gasteiger partial charge on any atom is -0.497 e. The summed E-state index contributed by atoms with van der Waals surface area (Å²) in [5.74, 6) is 0.280. The lowest BCUT2D eigenvalue weighted by Gasteiger charge is -2.09. The molecule has 2 amide bonds. The molecule has 2 aromatic carbocycles. The number of anilines is 2. The van der Waals surface area contributed by atoms with Crippen LogP contribution in [0.5, 0.6) is 5.75 Å². The Bertz CT molecular complexity index is 996. The van der Waals surface area contributed by atoms with Gasteiger partial charge < -0.3 is 15.4 Å². The highest BCUT2D eigenvalue weighted by Gasteiger charge is 2.18. The molecular weight excluding hydrogens is 384 g/mol. The fourth-order valence-corrected chi connectivity index (χ4v) is 3.87. The molecule has 0 fully saturated rings. The molecule has 0 radical (unpaired) electrons. The zero-order valence-corrected chi connectivity index (χ0v) is 16.7. The topological polar surface area (TPSA) is 67.4 Å². The van der Waals surface area contributed by atoms with Gasteiger partial charge in [-0.05, 0) is 42.5 Å². The van der Waals surface area contributed by atoms with Gasteiger partial charge in [0.05, 0.1) is 12.1 Å². The van der Waals surface area contributed by atoms with Gasteiger partial charge in [0.2, 0.25) is 5.91 Å². The summed E-state index contributed by atoms with van der Waals surface area (Å²) in [4.78, 5) is 24.8. The van der Waals surface area contributed by atoms with Crippen LogP contribution in [0.3, 0.4) is 0 Å². The molecule has 140 valence electrons. The lowest BCUT2D eigenvalue weighted by molar-refractivity contribution is -0.118. The number of thiophene rings is 1. The maximum absolute atomic E-state index is 12.6. The van der Waals surface area contributed by atoms with Crippen molar-refractivity contribution in [3.05, 3.63) is 52.4 Å². The van der Waals surface area contributed by atoms with Crippen LogP contribution in [-0.4, -0.2) is 18.9 Å². The van der Waals surface area contributed by atoms with E-state index in [0.717, 1.165) is 10.1 Å². The van der Waals surface area contributed by atoms with Gasteiger partial charge in [0, 0.05) is 27.4 Å². The number of rotatable bonds is 5. The Morgan fingerprint density at radius 2 is 1.67 bits per heavy atom. The van der Waals surface area contributed by atoms with Crippen LogP contribution in [0, 0.1) is 5.92 Å². The Balaban J connectivity index is 1.76. The van der Waals surface area contributed by atoms with Gasteiger partial charge in [-0.15, -0.1) is 11.3 Å². The van der Waals surface area contributed by atoms with Crippen molar-refractivity contribution in [2.45, 2.75) is 13.8 Å². The zero-order chi connectivity index (χ0) is 19.6. The summed E-state index contributed by atoms with van der Waals surface area (Å²) in [7, 11) is 1.59. The molecule has 5 nitrogen and oxygen atoms in total. The van der Waals surface area contributed by atoms with Crippen molar-refractivity contribution >= 4 is 56.2 Å². The molecule has 3 rings (SSSR count). The smallest absolute Gasteiger partial charge is 0.267 e. The summed E-state index contributed by atoms with van der Waals surface area (Å²) in [6.45, 7) is 3.66. The molecule has 0 unspecified atom stereocenters. The predicted molar refractivity (Wildman–Crippen MR) is 111 cm³/mol. The number of carbonyl (C=O) groups is 2. The molecule has 0 bridgehead atoms. The first-order valence-electron chi connectivity index (χ1n) is 8.37. The molecule has 0 spiro atoms. The summed E-state index contributed by atoms with van der Waals surface area (Å²) in [5.41, 5.74) is 1.30. The zero-order valence-electron chi connectivity index (χ0n) is 15.1. The average Bonchev–Trinajstić information content (AvgIpc) is 2.99. The maximum atomic E-state index is 12.6. The number of fused-ring (bicyclic) bond motifs is 1. The first kappa shape index (κ1) is 19.2. The minimum atomic E-state index is -0.279. The largest absolute Gasteiger partial charge is 0.497 e. The number of halogens is 1. The van der Waals surface area contributed by atoms with E-state index in [4.69, 9.17) is 16.3 Å². The number of hydrogen-bond acceptors (Lipinski definition) is 4. The third kappa shape index (κ3) is 4.23. The molecule has 0 aliphatic carbocycles. The van der Waals surface area contributed by atoms with Crippen LogP contribution in [0.25, 0.3) is 10.1 Å². The standard InChI is InChI=1S/C20H19ClN2O3S/c1-11(2)19(24)22-12-4-6-13(7-5-12)23-20(25)18-17(21)15-9-8-14(26-3)10-16(15)27-18/h4-11H,1-3H3,(H,22,24)(H,23,25). The number of methoxy groups -OCH3 is 1. The van der Waals surface area contributed by atoms with E-state index in [0.29, 0.717) is 27.0 Å². The predicted octanol–water partition coefficient (Wildman–Crippen LogP) is 5.41. The van der Waals surface area contributed by atoms with E-state index in [2.05, 4.69) is 10.6 Å². The van der Waals surface area contributed by atoms with Gasteiger partial charge in [-0.25, -0.2) is 0 Å². The van der Waals surface area contributed by atoms with Crippen LogP contribution in [0.1, 0.15) is 23.5 Å². The molecule has 3 aromatic rings. The highest BCUT2D eigenvalue weighted by atomic mass is 35.5. The Hall–Kier alpha value is -2.57. The van der Waals surface area contributed by atoms with E-state index < -0.39 is 0 Å². The summed E-state index contributed by atoms with van der Waals surface area (Å²) < 4.78 is 6.10. The number of hydrogen-bond donors (Lipinski definition) is 2. The van der Waals surface area contributed by atoms with E-state index >= 15 is 0 Å². The number of benzene rings is 2. The fraction of sp³-hybridized carbons (Fsp3) is 0.200. The molecular formula is C20H19ClN2O3S. The molecule has 2 N–H and O–H groups in total. The van der Waals surface area contributed by atoms with Crippen molar-refractivity contribution in [2.24, 2.45) is 5.92 Å². The second kappa shape index (κ2) is 7.98. The van der Waals surface area contributed by atoms with E-state index in [1.807, 2.05) is 32.0 Å². The van der Waals surface area contributed by atoms with Crippen molar-refractivity contribution in [3.63, 3.8) is 0 Å². The SMILES string of the molecule is COc1ccc2c(Cl)c(C(=O)Nc3ccc(NC(=O)C(C)C)cc3)sc2c1. The van der Waals surface area contributed by atoms with Crippen LogP contribution >= 0.6 is 22.9 Å². The fourth-order valence-electron chi connectivity index (χ4n) is 2.43. The number of amides is 2. The maximum Gasteiger partial charge on any atom is 0.267 e. The number of ether oxygens (including phenoxy) is 1. The Kier molecular flexibility index (Phi) is 5.68. The second-order valence-corrected chi connectivity index (χ2v) is 7.71. The van der Waals surface area contributed by atoms with Gasteiger partial charge >= 0.3 is 0 Å². The summed E-state index contributed by atoms with van der Waals surface area (Å²) in [6, 6.07) is 12.5. The molecule has 0 aliphatic rings. The molecule has 0 atom stereocenters. The van der Waals surface area contributed by atoms with Crippen molar-refractivity contribution in [1.29, 1.82) is 0 Å². The van der Waals surface area contributed by atoms with Gasteiger partial charge in [-0.3, -0.25) is 9.59 Å². The van der Waals surface area contributed by atoms with Crippen molar-refractivity contribution in [3.8, 4) is 5.75 Å². The molecule has 1 aromatic heterocycles. The third-order valence-corrected chi connectivity index (χ3v) is 5.63. The summed E-state index contributed by atoms with van der Waals surface area (Å²) in [6.07, 6.45) is 0. The number of carbonyl (C=O) groups excluding carboxylic acids is 2. The van der Waals surface area contributed by atoms with Gasteiger partial charge in [0.1, 0.15) is 10.6 Å². The lowest BCUT2D eigenvalue weighted by atomic mass is 10.2. The summed E-state index contributed by atoms with van der Waals surface area (Å²) >= 11 is 7.70. The minimum absolute atomic E-state index is 0.0562. The van der Waals surface area contributed by atoms with E-state index in [-0.39, 0.29) is 17.7 Å². The van der Waals surface area contributed by atoms with Crippen LogP contribution in [0.15, 0.2) is 42.5 Å². The van der Waals surface area contributed by atoms with Crippen LogP contribution in [0.2, 0.25) is 5.02 Å². The van der Waals surface area contributed by atoms with E-state index in [1.165, 1.54) is 11.3 Å².